The van der Waals surface area contributed by atoms with E-state index in [-0.39, 0.29) is 23.9 Å². The minimum atomic E-state index is -0.347. The Labute approximate surface area is 128 Å². The van der Waals surface area contributed by atoms with E-state index in [0.717, 1.165) is 18.1 Å². The van der Waals surface area contributed by atoms with Crippen LogP contribution in [-0.2, 0) is 4.79 Å². The summed E-state index contributed by atoms with van der Waals surface area (Å²) in [5.74, 6) is 2.23. The molecular formula is C15H19FN2O2S. The van der Waals surface area contributed by atoms with Gasteiger partial charge in [-0.1, -0.05) is 0 Å². The van der Waals surface area contributed by atoms with Crippen LogP contribution in [0.15, 0.2) is 18.2 Å². The normalized spacial score (nSPS) is 25.1. The number of carbonyl (C=O) groups is 1. The summed E-state index contributed by atoms with van der Waals surface area (Å²) in [5.41, 5.74) is 0.669. The van der Waals surface area contributed by atoms with Crippen molar-refractivity contribution in [3.05, 3.63) is 24.0 Å². The highest BCUT2D eigenvalue weighted by atomic mass is 32.2. The SMILES string of the molecule is CC1CN(C(=O)CC2CSCCN2)c2ccc(F)cc2O1. The van der Waals surface area contributed by atoms with Crippen LogP contribution in [-0.4, -0.2) is 42.6 Å². The van der Waals surface area contributed by atoms with E-state index < -0.39 is 0 Å². The number of benzene rings is 1. The molecule has 3 rings (SSSR count). The number of amides is 1. The highest BCUT2D eigenvalue weighted by molar-refractivity contribution is 7.99. The van der Waals surface area contributed by atoms with E-state index in [1.54, 1.807) is 11.0 Å². The number of ether oxygens (including phenoxy) is 1. The summed E-state index contributed by atoms with van der Waals surface area (Å²) in [4.78, 5) is 14.3. The Morgan fingerprint density at radius 1 is 1.57 bits per heavy atom. The fourth-order valence-electron chi connectivity index (χ4n) is 2.72. The molecule has 0 bridgehead atoms. The van der Waals surface area contributed by atoms with Gasteiger partial charge in [0.25, 0.3) is 0 Å². The number of nitrogens with one attached hydrogen (secondary N) is 1. The van der Waals surface area contributed by atoms with Gasteiger partial charge in [-0.3, -0.25) is 4.79 Å². The third-order valence-corrected chi connectivity index (χ3v) is 4.83. The van der Waals surface area contributed by atoms with Gasteiger partial charge in [0.1, 0.15) is 17.7 Å². The second-order valence-corrected chi connectivity index (χ2v) is 6.62. The fraction of sp³-hybridized carbons (Fsp3) is 0.533. The minimum Gasteiger partial charge on any atom is -0.487 e. The van der Waals surface area contributed by atoms with Gasteiger partial charge in [0, 0.05) is 36.6 Å². The number of anilines is 1. The molecule has 0 saturated carbocycles. The molecule has 6 heteroatoms. The van der Waals surface area contributed by atoms with Gasteiger partial charge in [-0.2, -0.15) is 11.8 Å². The van der Waals surface area contributed by atoms with E-state index in [2.05, 4.69) is 5.32 Å². The molecule has 0 spiro atoms. The van der Waals surface area contributed by atoms with Gasteiger partial charge >= 0.3 is 0 Å². The quantitative estimate of drug-likeness (QED) is 0.907. The van der Waals surface area contributed by atoms with Crippen molar-refractivity contribution in [2.75, 3.05) is 29.5 Å². The van der Waals surface area contributed by atoms with E-state index in [1.807, 2.05) is 18.7 Å². The van der Waals surface area contributed by atoms with E-state index in [4.69, 9.17) is 4.74 Å². The maximum Gasteiger partial charge on any atom is 0.228 e. The van der Waals surface area contributed by atoms with E-state index in [0.29, 0.717) is 24.4 Å². The number of thioether (sulfide) groups is 1. The van der Waals surface area contributed by atoms with Crippen LogP contribution in [0.4, 0.5) is 10.1 Å². The van der Waals surface area contributed by atoms with Crippen LogP contribution in [0.2, 0.25) is 0 Å². The smallest absolute Gasteiger partial charge is 0.228 e. The van der Waals surface area contributed by atoms with Gasteiger partial charge in [0.05, 0.1) is 12.2 Å². The lowest BCUT2D eigenvalue weighted by Crippen LogP contribution is -2.46. The third kappa shape index (κ3) is 3.32. The molecule has 1 fully saturated rings. The highest BCUT2D eigenvalue weighted by Crippen LogP contribution is 2.34. The Bertz CT molecular complexity index is 534. The van der Waals surface area contributed by atoms with Crippen molar-refractivity contribution < 1.29 is 13.9 Å². The predicted octanol–water partition coefficient (Wildman–Crippen LogP) is 2.03. The van der Waals surface area contributed by atoms with Gasteiger partial charge in [-0.25, -0.2) is 4.39 Å². The molecule has 2 aliphatic heterocycles. The maximum atomic E-state index is 13.3. The largest absolute Gasteiger partial charge is 0.487 e. The number of hydrogen-bond donors (Lipinski definition) is 1. The molecule has 2 heterocycles. The number of rotatable bonds is 2. The van der Waals surface area contributed by atoms with Crippen molar-refractivity contribution >= 4 is 23.4 Å². The van der Waals surface area contributed by atoms with E-state index in [9.17, 15) is 9.18 Å². The first-order valence-corrected chi connectivity index (χ1v) is 8.36. The molecule has 1 aromatic carbocycles. The van der Waals surface area contributed by atoms with Crippen molar-refractivity contribution in [2.24, 2.45) is 0 Å². The summed E-state index contributed by atoms with van der Waals surface area (Å²) in [6.07, 6.45) is 0.341. The number of fused-ring (bicyclic) bond motifs is 1. The first-order valence-electron chi connectivity index (χ1n) is 7.21. The number of nitrogens with zero attached hydrogens (tertiary/aromatic N) is 1. The minimum absolute atomic E-state index is 0.0676. The maximum absolute atomic E-state index is 13.3. The zero-order chi connectivity index (χ0) is 14.8. The molecule has 0 aliphatic carbocycles. The second kappa shape index (κ2) is 6.23. The van der Waals surface area contributed by atoms with Crippen LogP contribution in [0.3, 0.4) is 0 Å². The molecule has 2 unspecified atom stereocenters. The Morgan fingerprint density at radius 3 is 3.19 bits per heavy atom. The Morgan fingerprint density at radius 2 is 2.43 bits per heavy atom. The molecule has 1 saturated heterocycles. The van der Waals surface area contributed by atoms with Crippen LogP contribution in [0.1, 0.15) is 13.3 Å². The standard InChI is InChI=1S/C15H19FN2O2S/c1-10-8-18(13-3-2-11(16)6-14(13)20-10)15(19)7-12-9-21-5-4-17-12/h2-3,6,10,12,17H,4-5,7-9H2,1H3. The summed E-state index contributed by atoms with van der Waals surface area (Å²) in [6.45, 7) is 3.35. The molecule has 1 N–H and O–H groups in total. The number of halogens is 1. The lowest BCUT2D eigenvalue weighted by atomic mass is 10.1. The number of carbonyl (C=O) groups excluding carboxylic acids is 1. The summed E-state index contributed by atoms with van der Waals surface area (Å²) >= 11 is 1.87. The third-order valence-electron chi connectivity index (χ3n) is 3.70. The summed E-state index contributed by atoms with van der Waals surface area (Å²) < 4.78 is 19.0. The van der Waals surface area contributed by atoms with Crippen molar-refractivity contribution in [3.8, 4) is 5.75 Å². The van der Waals surface area contributed by atoms with E-state index >= 15 is 0 Å². The summed E-state index contributed by atoms with van der Waals surface area (Å²) in [6, 6.07) is 4.56. The van der Waals surface area contributed by atoms with Gasteiger partial charge in [0.15, 0.2) is 0 Å². The Balaban J connectivity index is 1.76. The monoisotopic (exact) mass is 310 g/mol. The Kier molecular flexibility index (Phi) is 4.35. The zero-order valence-electron chi connectivity index (χ0n) is 12.0. The average Bonchev–Trinajstić information content (AvgIpc) is 2.47. The van der Waals surface area contributed by atoms with Crippen molar-refractivity contribution in [1.82, 2.24) is 5.32 Å². The second-order valence-electron chi connectivity index (χ2n) is 5.47. The van der Waals surface area contributed by atoms with Crippen molar-refractivity contribution in [3.63, 3.8) is 0 Å². The predicted molar refractivity (Wildman–Crippen MR) is 82.6 cm³/mol. The molecule has 2 aliphatic rings. The van der Waals surface area contributed by atoms with Gasteiger partial charge in [0.2, 0.25) is 5.91 Å². The van der Waals surface area contributed by atoms with Crippen molar-refractivity contribution in [2.45, 2.75) is 25.5 Å². The molecule has 4 nitrogen and oxygen atoms in total. The molecule has 1 aromatic rings. The molecule has 2 atom stereocenters. The Hall–Kier alpha value is -1.27. The molecule has 0 aromatic heterocycles. The van der Waals surface area contributed by atoms with Crippen LogP contribution in [0, 0.1) is 5.82 Å². The summed E-state index contributed by atoms with van der Waals surface area (Å²) in [5, 5.41) is 3.37. The molecule has 21 heavy (non-hydrogen) atoms. The van der Waals surface area contributed by atoms with Gasteiger partial charge in [-0.15, -0.1) is 0 Å². The van der Waals surface area contributed by atoms with Crippen LogP contribution in [0.25, 0.3) is 0 Å². The van der Waals surface area contributed by atoms with E-state index in [1.165, 1.54) is 12.1 Å². The first kappa shape index (κ1) is 14.7. The van der Waals surface area contributed by atoms with Gasteiger partial charge < -0.3 is 15.0 Å². The van der Waals surface area contributed by atoms with Crippen LogP contribution in [0.5, 0.6) is 5.75 Å². The van der Waals surface area contributed by atoms with Crippen LogP contribution >= 0.6 is 11.8 Å². The molecule has 1 amide bonds. The first-order chi connectivity index (χ1) is 10.1. The molecule has 114 valence electrons. The fourth-order valence-corrected chi connectivity index (χ4v) is 3.67. The zero-order valence-corrected chi connectivity index (χ0v) is 12.8. The van der Waals surface area contributed by atoms with Gasteiger partial charge in [-0.05, 0) is 19.1 Å². The highest BCUT2D eigenvalue weighted by Gasteiger charge is 2.29. The lowest BCUT2D eigenvalue weighted by Gasteiger charge is -2.34. The topological polar surface area (TPSA) is 41.6 Å². The van der Waals surface area contributed by atoms with Crippen LogP contribution < -0.4 is 15.0 Å². The molecule has 0 radical (unpaired) electrons. The molecular weight excluding hydrogens is 291 g/mol. The van der Waals surface area contributed by atoms with Crippen molar-refractivity contribution in [1.29, 1.82) is 0 Å². The average molecular weight is 310 g/mol. The number of hydrogen-bond acceptors (Lipinski definition) is 4. The summed E-state index contributed by atoms with van der Waals surface area (Å²) in [7, 11) is 0. The lowest BCUT2D eigenvalue weighted by molar-refractivity contribution is -0.119.